The lowest BCUT2D eigenvalue weighted by atomic mass is 9.84. The highest BCUT2D eigenvalue weighted by Crippen LogP contribution is 2.43. The summed E-state index contributed by atoms with van der Waals surface area (Å²) in [7, 11) is 0. The molecule has 2 rings (SSSR count). The molecule has 0 bridgehead atoms. The topological polar surface area (TPSA) is 49.8 Å². The molecule has 1 aliphatic rings. The van der Waals surface area contributed by atoms with Crippen molar-refractivity contribution in [3.05, 3.63) is 22.4 Å². The van der Waals surface area contributed by atoms with Crippen molar-refractivity contribution in [1.82, 2.24) is 4.90 Å². The molecular formula is C21H32ClNO3S. The number of halogens is 1. The molecule has 1 aromatic heterocycles. The maximum atomic E-state index is 13.0. The molecule has 4 nitrogen and oxygen atoms in total. The molecule has 27 heavy (non-hydrogen) atoms. The third-order valence-electron chi connectivity index (χ3n) is 5.09. The standard InChI is InChI=1S/C21H31NO3S.ClH/c1-5-22(6-2)15-10-14-20(3,4)25-19(23)21(24,17-11-7-8-12-17)18-13-9-16-26-18;/h9,13,16-17,24H,5-8,11-12,15H2,1-4H3;1H. The molecule has 0 aliphatic heterocycles. The molecule has 0 saturated heterocycles. The number of rotatable bonds is 7. The summed E-state index contributed by atoms with van der Waals surface area (Å²) in [6.07, 6.45) is 3.77. The molecule has 1 aromatic rings. The van der Waals surface area contributed by atoms with Crippen molar-refractivity contribution in [2.24, 2.45) is 5.92 Å². The van der Waals surface area contributed by atoms with E-state index in [-0.39, 0.29) is 18.3 Å². The van der Waals surface area contributed by atoms with Crippen molar-refractivity contribution in [2.45, 2.75) is 64.6 Å². The number of hydrogen-bond donors (Lipinski definition) is 1. The maximum absolute atomic E-state index is 13.0. The fourth-order valence-corrected chi connectivity index (χ4v) is 4.34. The van der Waals surface area contributed by atoms with E-state index in [1.807, 2.05) is 17.5 Å². The number of ether oxygens (including phenoxy) is 1. The molecule has 1 heterocycles. The number of carbonyl (C=O) groups is 1. The van der Waals surface area contributed by atoms with Crippen LogP contribution in [0.4, 0.5) is 0 Å². The molecule has 0 amide bonds. The van der Waals surface area contributed by atoms with Crippen LogP contribution in [0.25, 0.3) is 0 Å². The lowest BCUT2D eigenvalue weighted by Gasteiger charge is -2.33. The molecule has 1 unspecified atom stereocenters. The summed E-state index contributed by atoms with van der Waals surface area (Å²) in [5.74, 6) is 5.50. The molecule has 0 spiro atoms. The van der Waals surface area contributed by atoms with E-state index < -0.39 is 17.2 Å². The molecule has 1 N–H and O–H groups in total. The summed E-state index contributed by atoms with van der Waals surface area (Å²) in [6.45, 7) is 10.3. The fourth-order valence-electron chi connectivity index (χ4n) is 3.45. The number of carbonyl (C=O) groups excluding carboxylic acids is 1. The van der Waals surface area contributed by atoms with Gasteiger partial charge in [-0.25, -0.2) is 4.79 Å². The van der Waals surface area contributed by atoms with E-state index in [4.69, 9.17) is 4.74 Å². The Bertz CT molecular complexity index is 640. The summed E-state index contributed by atoms with van der Waals surface area (Å²) in [4.78, 5) is 15.9. The van der Waals surface area contributed by atoms with E-state index in [9.17, 15) is 9.90 Å². The highest BCUT2D eigenvalue weighted by Gasteiger charge is 2.49. The Labute approximate surface area is 173 Å². The zero-order chi connectivity index (χ0) is 19.2. The van der Waals surface area contributed by atoms with Gasteiger partial charge in [0.2, 0.25) is 0 Å². The molecule has 1 fully saturated rings. The SMILES string of the molecule is CCN(CC)CC#CC(C)(C)OC(=O)C(O)(c1cccs1)C1CCCC1.Cl. The Balaban J connectivity index is 0.00000364. The van der Waals surface area contributed by atoms with Gasteiger partial charge >= 0.3 is 5.97 Å². The zero-order valence-electron chi connectivity index (χ0n) is 16.8. The third kappa shape index (κ3) is 5.96. The predicted octanol–water partition coefficient (Wildman–Crippen LogP) is 4.21. The maximum Gasteiger partial charge on any atom is 0.345 e. The number of hydrogen-bond acceptors (Lipinski definition) is 5. The Morgan fingerprint density at radius 3 is 2.48 bits per heavy atom. The molecule has 0 aromatic carbocycles. The Morgan fingerprint density at radius 2 is 1.96 bits per heavy atom. The number of aliphatic hydroxyl groups is 1. The Kier molecular flexibility index (Phi) is 9.30. The Hall–Kier alpha value is -1.06. The lowest BCUT2D eigenvalue weighted by molar-refractivity contribution is -0.181. The number of nitrogens with zero attached hydrogens (tertiary/aromatic N) is 1. The summed E-state index contributed by atoms with van der Waals surface area (Å²) >= 11 is 1.41. The van der Waals surface area contributed by atoms with Crippen LogP contribution in [0, 0.1) is 17.8 Å². The molecule has 152 valence electrons. The second-order valence-corrected chi connectivity index (χ2v) is 8.34. The van der Waals surface area contributed by atoms with Crippen LogP contribution in [0.1, 0.15) is 58.3 Å². The van der Waals surface area contributed by atoms with Gasteiger partial charge in [0, 0.05) is 10.8 Å². The van der Waals surface area contributed by atoms with Crippen molar-refractivity contribution in [3.63, 3.8) is 0 Å². The lowest BCUT2D eigenvalue weighted by Crippen LogP contribution is -2.46. The number of thiophene rings is 1. The first-order valence-corrected chi connectivity index (χ1v) is 10.4. The van der Waals surface area contributed by atoms with Gasteiger partial charge < -0.3 is 9.84 Å². The van der Waals surface area contributed by atoms with Gasteiger partial charge in [0.25, 0.3) is 0 Å². The average Bonchev–Trinajstić information content (AvgIpc) is 3.31. The van der Waals surface area contributed by atoms with E-state index in [2.05, 4.69) is 30.6 Å². The number of esters is 1. The first kappa shape index (κ1) is 24.0. The van der Waals surface area contributed by atoms with Gasteiger partial charge in [-0.15, -0.1) is 23.7 Å². The minimum atomic E-state index is -1.57. The Morgan fingerprint density at radius 1 is 1.33 bits per heavy atom. The van der Waals surface area contributed by atoms with E-state index in [1.165, 1.54) is 11.3 Å². The minimum Gasteiger partial charge on any atom is -0.444 e. The third-order valence-corrected chi connectivity index (χ3v) is 6.08. The monoisotopic (exact) mass is 413 g/mol. The van der Waals surface area contributed by atoms with Gasteiger partial charge in [-0.3, -0.25) is 4.90 Å². The quantitative estimate of drug-likeness (QED) is 0.537. The predicted molar refractivity (Wildman–Crippen MR) is 113 cm³/mol. The summed E-state index contributed by atoms with van der Waals surface area (Å²) in [5.41, 5.74) is -2.50. The van der Waals surface area contributed by atoms with Crippen molar-refractivity contribution in [3.8, 4) is 11.8 Å². The molecule has 6 heteroatoms. The summed E-state index contributed by atoms with van der Waals surface area (Å²) < 4.78 is 5.71. The highest BCUT2D eigenvalue weighted by atomic mass is 35.5. The molecule has 1 atom stereocenters. The van der Waals surface area contributed by atoms with E-state index in [0.717, 1.165) is 38.8 Å². The second-order valence-electron chi connectivity index (χ2n) is 7.39. The summed E-state index contributed by atoms with van der Waals surface area (Å²) in [6, 6.07) is 3.69. The van der Waals surface area contributed by atoms with Crippen LogP contribution in [-0.4, -0.2) is 41.2 Å². The molecule has 0 radical (unpaired) electrons. The minimum absolute atomic E-state index is 0. The second kappa shape index (κ2) is 10.5. The summed E-state index contributed by atoms with van der Waals surface area (Å²) in [5, 5.41) is 13.3. The first-order valence-electron chi connectivity index (χ1n) is 9.55. The van der Waals surface area contributed by atoms with E-state index in [1.54, 1.807) is 13.8 Å². The van der Waals surface area contributed by atoms with Crippen LogP contribution < -0.4 is 0 Å². The largest absolute Gasteiger partial charge is 0.444 e. The normalized spacial score (nSPS) is 17.0. The molecule has 1 saturated carbocycles. The average molecular weight is 414 g/mol. The van der Waals surface area contributed by atoms with E-state index in [0.29, 0.717) is 11.4 Å². The van der Waals surface area contributed by atoms with Crippen molar-refractivity contribution in [2.75, 3.05) is 19.6 Å². The van der Waals surface area contributed by atoms with Gasteiger partial charge in [0.15, 0.2) is 11.2 Å². The molecular weight excluding hydrogens is 382 g/mol. The van der Waals surface area contributed by atoms with E-state index >= 15 is 0 Å². The van der Waals surface area contributed by atoms with Gasteiger partial charge in [-0.05, 0) is 51.2 Å². The zero-order valence-corrected chi connectivity index (χ0v) is 18.4. The van der Waals surface area contributed by atoms with Gasteiger partial charge in [0.1, 0.15) is 0 Å². The highest BCUT2D eigenvalue weighted by molar-refractivity contribution is 7.10. The molecule has 1 aliphatic carbocycles. The van der Waals surface area contributed by atoms with Crippen LogP contribution >= 0.6 is 23.7 Å². The van der Waals surface area contributed by atoms with Gasteiger partial charge in [-0.1, -0.05) is 44.6 Å². The van der Waals surface area contributed by atoms with Gasteiger partial charge in [-0.2, -0.15) is 0 Å². The smallest absolute Gasteiger partial charge is 0.345 e. The van der Waals surface area contributed by atoms with Crippen LogP contribution in [0.3, 0.4) is 0 Å². The van der Waals surface area contributed by atoms with Crippen LogP contribution in [-0.2, 0) is 15.1 Å². The van der Waals surface area contributed by atoms with Crippen LogP contribution in [0.5, 0.6) is 0 Å². The first-order chi connectivity index (χ1) is 12.3. The van der Waals surface area contributed by atoms with Crippen molar-refractivity contribution in [1.29, 1.82) is 0 Å². The van der Waals surface area contributed by atoms with Crippen LogP contribution in [0.2, 0.25) is 0 Å². The van der Waals surface area contributed by atoms with Crippen molar-refractivity contribution >= 4 is 29.7 Å². The van der Waals surface area contributed by atoms with Crippen molar-refractivity contribution < 1.29 is 14.6 Å². The van der Waals surface area contributed by atoms with Crippen LogP contribution in [0.15, 0.2) is 17.5 Å². The fraction of sp³-hybridized carbons (Fsp3) is 0.667. The van der Waals surface area contributed by atoms with Gasteiger partial charge in [0.05, 0.1) is 6.54 Å².